The summed E-state index contributed by atoms with van der Waals surface area (Å²) in [5.74, 6) is -1.38. The fourth-order valence-corrected chi connectivity index (χ4v) is 4.21. The summed E-state index contributed by atoms with van der Waals surface area (Å²) in [7, 11) is 0. The molecule has 0 saturated carbocycles. The Morgan fingerprint density at radius 1 is 1.18 bits per heavy atom. The van der Waals surface area contributed by atoms with Crippen LogP contribution in [-0.2, 0) is 4.74 Å². The van der Waals surface area contributed by atoms with Gasteiger partial charge in [0.05, 0.1) is 24.1 Å². The van der Waals surface area contributed by atoms with Crippen molar-refractivity contribution in [1.82, 2.24) is 20.4 Å². The number of benzene rings is 1. The number of rotatable bonds is 4. The maximum atomic E-state index is 13.7. The quantitative estimate of drug-likeness (QED) is 0.598. The number of aromatic amines is 1. The molecular weight excluding hydrogens is 474 g/mol. The molecule has 1 aromatic heterocycles. The van der Waals surface area contributed by atoms with Crippen molar-refractivity contribution in [2.45, 2.75) is 31.4 Å². The average molecular weight is 497 g/mol. The summed E-state index contributed by atoms with van der Waals surface area (Å²) in [4.78, 5) is 39.6. The minimum Gasteiger partial charge on any atom is -0.444 e. The molecule has 1 aromatic carbocycles. The number of aromatic nitrogens is 2. The van der Waals surface area contributed by atoms with E-state index in [9.17, 15) is 23.2 Å². The number of hydrogen-bond acceptors (Lipinski definition) is 6. The number of likely N-dealkylation sites (tertiary alicyclic amines) is 1. The fourth-order valence-electron chi connectivity index (χ4n) is 4.00. The Kier molecular flexibility index (Phi) is 7.15. The summed E-state index contributed by atoms with van der Waals surface area (Å²) in [5.41, 5.74) is -0.223. The van der Waals surface area contributed by atoms with Crippen LogP contribution in [0.15, 0.2) is 29.2 Å². The number of anilines is 2. The van der Waals surface area contributed by atoms with Crippen molar-refractivity contribution in [1.29, 1.82) is 0 Å². The Morgan fingerprint density at radius 3 is 2.71 bits per heavy atom. The van der Waals surface area contributed by atoms with Gasteiger partial charge in [0.2, 0.25) is 0 Å². The van der Waals surface area contributed by atoms with Crippen molar-refractivity contribution in [3.63, 3.8) is 0 Å². The highest BCUT2D eigenvalue weighted by molar-refractivity contribution is 6.33. The number of ether oxygens (including phenoxy) is 1. The molecule has 2 aliphatic rings. The Labute approximate surface area is 198 Å². The lowest BCUT2D eigenvalue weighted by Crippen LogP contribution is -2.48. The second-order valence-electron chi connectivity index (χ2n) is 8.12. The lowest BCUT2D eigenvalue weighted by atomic mass is 10.1. The first-order valence-corrected chi connectivity index (χ1v) is 11.1. The molecule has 0 aliphatic carbocycles. The molecule has 3 heterocycles. The number of carbonyl (C=O) groups is 2. The number of nitrogens with zero attached hydrogens (tertiary/aromatic N) is 3. The predicted octanol–water partition coefficient (Wildman–Crippen LogP) is 2.70. The zero-order valence-corrected chi connectivity index (χ0v) is 18.8. The van der Waals surface area contributed by atoms with Crippen LogP contribution in [0.3, 0.4) is 0 Å². The standard InChI is InChI=1S/C21H23ClF2N6O4/c22-18-17(10-25-28-19(18)31)30-8-5-14(11-30)34-21(33)26-13-3-6-29(7-4-13)20(32)27-16-9-12(23)1-2-15(16)24/h1-2,9-10,13-14H,3-8,11H2,(H,26,33)(H,27,32)(H,28,31)/t14-/m1/s1. The van der Waals surface area contributed by atoms with Gasteiger partial charge in [0, 0.05) is 38.2 Å². The summed E-state index contributed by atoms with van der Waals surface area (Å²) < 4.78 is 32.5. The van der Waals surface area contributed by atoms with E-state index in [-0.39, 0.29) is 22.9 Å². The van der Waals surface area contributed by atoms with Gasteiger partial charge in [0.15, 0.2) is 0 Å². The van der Waals surface area contributed by atoms with Crippen LogP contribution in [0.1, 0.15) is 19.3 Å². The van der Waals surface area contributed by atoms with Crippen LogP contribution in [-0.4, -0.2) is 65.5 Å². The van der Waals surface area contributed by atoms with Crippen LogP contribution >= 0.6 is 11.6 Å². The zero-order valence-electron chi connectivity index (χ0n) is 18.0. The van der Waals surface area contributed by atoms with E-state index < -0.39 is 29.3 Å². The molecule has 2 saturated heterocycles. The molecule has 2 fully saturated rings. The van der Waals surface area contributed by atoms with Crippen LogP contribution in [0.4, 0.5) is 29.7 Å². The van der Waals surface area contributed by atoms with Crippen LogP contribution < -0.4 is 21.1 Å². The Morgan fingerprint density at radius 2 is 1.94 bits per heavy atom. The average Bonchev–Trinajstić information content (AvgIpc) is 3.26. The van der Waals surface area contributed by atoms with Crippen LogP contribution in [0.5, 0.6) is 0 Å². The summed E-state index contributed by atoms with van der Waals surface area (Å²) in [6, 6.07) is 2.11. The van der Waals surface area contributed by atoms with Gasteiger partial charge in [-0.05, 0) is 25.0 Å². The molecule has 3 N–H and O–H groups in total. The molecule has 0 radical (unpaired) electrons. The molecular formula is C21H23ClF2N6O4. The summed E-state index contributed by atoms with van der Waals surface area (Å²) in [6.07, 6.45) is 2.07. The third-order valence-corrected chi connectivity index (χ3v) is 6.18. The lowest BCUT2D eigenvalue weighted by molar-refractivity contribution is 0.101. The molecule has 10 nitrogen and oxygen atoms in total. The van der Waals surface area contributed by atoms with Crippen LogP contribution in [0, 0.1) is 11.6 Å². The highest BCUT2D eigenvalue weighted by Crippen LogP contribution is 2.26. The maximum absolute atomic E-state index is 13.7. The highest BCUT2D eigenvalue weighted by Gasteiger charge is 2.30. The molecule has 0 unspecified atom stereocenters. The number of urea groups is 1. The first-order valence-electron chi connectivity index (χ1n) is 10.8. The van der Waals surface area contributed by atoms with Gasteiger partial charge in [0.1, 0.15) is 22.8 Å². The number of piperidine rings is 1. The van der Waals surface area contributed by atoms with E-state index in [1.807, 2.05) is 4.90 Å². The predicted molar refractivity (Wildman–Crippen MR) is 120 cm³/mol. The number of halogens is 3. The molecule has 1 atom stereocenters. The first-order chi connectivity index (χ1) is 16.3. The van der Waals surface area contributed by atoms with Gasteiger partial charge >= 0.3 is 12.1 Å². The summed E-state index contributed by atoms with van der Waals surface area (Å²) in [5, 5.41) is 11.2. The molecule has 0 bridgehead atoms. The van der Waals surface area contributed by atoms with Gasteiger partial charge in [-0.3, -0.25) is 4.79 Å². The fraction of sp³-hybridized carbons (Fsp3) is 0.429. The van der Waals surface area contributed by atoms with E-state index in [2.05, 4.69) is 20.8 Å². The molecule has 13 heteroatoms. The van der Waals surface area contributed by atoms with Gasteiger partial charge < -0.3 is 25.2 Å². The van der Waals surface area contributed by atoms with E-state index in [0.717, 1.165) is 18.2 Å². The second kappa shape index (κ2) is 10.2. The van der Waals surface area contributed by atoms with Gasteiger partial charge in [-0.25, -0.2) is 23.5 Å². The van der Waals surface area contributed by atoms with Crippen LogP contribution in [0.2, 0.25) is 5.02 Å². The third-order valence-electron chi connectivity index (χ3n) is 5.81. The monoisotopic (exact) mass is 496 g/mol. The summed E-state index contributed by atoms with van der Waals surface area (Å²) >= 11 is 6.04. The normalized spacial score (nSPS) is 18.6. The van der Waals surface area contributed by atoms with Crippen LogP contribution in [0.25, 0.3) is 0 Å². The van der Waals surface area contributed by atoms with Crippen molar-refractivity contribution in [2.24, 2.45) is 0 Å². The lowest BCUT2D eigenvalue weighted by Gasteiger charge is -2.32. The SMILES string of the molecule is O=C(NC1CCN(C(=O)Nc2cc(F)ccc2F)CC1)O[C@@H]1CCN(c2cn[nH]c(=O)c2Cl)C1. The minimum atomic E-state index is -0.725. The van der Waals surface area contributed by atoms with Gasteiger partial charge in [-0.2, -0.15) is 5.10 Å². The van der Waals surface area contributed by atoms with Crippen molar-refractivity contribution in [3.8, 4) is 0 Å². The minimum absolute atomic E-state index is 0.0380. The molecule has 4 rings (SSSR count). The number of carbonyl (C=O) groups excluding carboxylic acids is 2. The number of amides is 3. The van der Waals surface area contributed by atoms with E-state index in [1.54, 1.807) is 0 Å². The van der Waals surface area contributed by atoms with Crippen molar-refractivity contribution >= 4 is 35.1 Å². The zero-order chi connectivity index (χ0) is 24.2. The number of nitrogens with one attached hydrogen (secondary N) is 3. The molecule has 182 valence electrons. The Balaban J connectivity index is 1.21. The Hall–Kier alpha value is -3.41. The highest BCUT2D eigenvalue weighted by atomic mass is 35.5. The first kappa shape index (κ1) is 23.7. The Bertz CT molecular complexity index is 1120. The van der Waals surface area contributed by atoms with Crippen molar-refractivity contribution < 1.29 is 23.1 Å². The smallest absolute Gasteiger partial charge is 0.407 e. The maximum Gasteiger partial charge on any atom is 0.407 e. The van der Waals surface area contributed by atoms with E-state index >= 15 is 0 Å². The van der Waals surface area contributed by atoms with Gasteiger partial charge in [-0.1, -0.05) is 11.6 Å². The molecule has 2 aromatic rings. The summed E-state index contributed by atoms with van der Waals surface area (Å²) in [6.45, 7) is 1.60. The van der Waals surface area contributed by atoms with Crippen molar-refractivity contribution in [3.05, 3.63) is 51.4 Å². The number of H-pyrrole nitrogens is 1. The molecule has 0 spiro atoms. The van der Waals surface area contributed by atoms with Gasteiger partial charge in [0.25, 0.3) is 5.56 Å². The van der Waals surface area contributed by atoms with E-state index in [4.69, 9.17) is 16.3 Å². The third kappa shape index (κ3) is 5.56. The van der Waals surface area contributed by atoms with E-state index in [0.29, 0.717) is 51.1 Å². The number of hydrogen-bond donors (Lipinski definition) is 3. The van der Waals surface area contributed by atoms with E-state index in [1.165, 1.54) is 11.1 Å². The number of alkyl carbamates (subject to hydrolysis) is 1. The topological polar surface area (TPSA) is 120 Å². The molecule has 2 aliphatic heterocycles. The molecule has 3 amide bonds. The second-order valence-corrected chi connectivity index (χ2v) is 8.50. The van der Waals surface area contributed by atoms with Crippen molar-refractivity contribution in [2.75, 3.05) is 36.4 Å². The van der Waals surface area contributed by atoms with Gasteiger partial charge in [-0.15, -0.1) is 0 Å². The molecule has 34 heavy (non-hydrogen) atoms. The largest absolute Gasteiger partial charge is 0.444 e.